The summed E-state index contributed by atoms with van der Waals surface area (Å²) in [6.45, 7) is 2.10. The second kappa shape index (κ2) is 5.58. The summed E-state index contributed by atoms with van der Waals surface area (Å²) in [7, 11) is 3.91. The van der Waals surface area contributed by atoms with E-state index in [-0.39, 0.29) is 11.3 Å². The van der Waals surface area contributed by atoms with Crippen LogP contribution in [0.15, 0.2) is 29.9 Å². The lowest BCUT2D eigenvalue weighted by Gasteiger charge is -2.20. The van der Waals surface area contributed by atoms with Crippen LogP contribution in [0.4, 0.5) is 0 Å². The third-order valence-electron chi connectivity index (χ3n) is 2.92. The summed E-state index contributed by atoms with van der Waals surface area (Å²) in [4.78, 5) is 4.35. The smallest absolute Gasteiger partial charge is 0.168 e. The molecule has 2 atom stereocenters. The molecule has 0 aliphatic heterocycles. The van der Waals surface area contributed by atoms with Crippen LogP contribution in [-0.4, -0.2) is 25.4 Å². The van der Waals surface area contributed by atoms with Gasteiger partial charge in [-0.05, 0) is 6.42 Å². The minimum Gasteiger partial charge on any atom is -0.329 e. The van der Waals surface area contributed by atoms with E-state index in [0.717, 1.165) is 17.1 Å². The summed E-state index contributed by atoms with van der Waals surface area (Å²) >= 11 is 1.69. The molecule has 0 saturated heterocycles. The SMILES string of the molecule is CCC(N)C(Sc1nccn1C)c1cnn(C)c1. The first kappa shape index (κ1) is 13.2. The van der Waals surface area contributed by atoms with E-state index >= 15 is 0 Å². The molecule has 0 radical (unpaired) electrons. The highest BCUT2D eigenvalue weighted by atomic mass is 32.2. The number of nitrogens with zero attached hydrogens (tertiary/aromatic N) is 4. The van der Waals surface area contributed by atoms with Crippen molar-refractivity contribution in [3.63, 3.8) is 0 Å². The predicted molar refractivity (Wildman–Crippen MR) is 73.3 cm³/mol. The summed E-state index contributed by atoms with van der Waals surface area (Å²) in [5.74, 6) is 0. The fourth-order valence-electron chi connectivity index (χ4n) is 1.78. The monoisotopic (exact) mass is 265 g/mol. The van der Waals surface area contributed by atoms with E-state index in [4.69, 9.17) is 5.73 Å². The number of aromatic nitrogens is 4. The molecule has 0 saturated carbocycles. The zero-order chi connectivity index (χ0) is 13.1. The van der Waals surface area contributed by atoms with Crippen molar-refractivity contribution in [2.45, 2.75) is 29.8 Å². The molecule has 0 aromatic carbocycles. The molecule has 2 heterocycles. The van der Waals surface area contributed by atoms with Crippen molar-refractivity contribution in [3.8, 4) is 0 Å². The molecule has 6 heteroatoms. The molecular weight excluding hydrogens is 246 g/mol. The van der Waals surface area contributed by atoms with Crippen molar-refractivity contribution < 1.29 is 0 Å². The van der Waals surface area contributed by atoms with E-state index in [9.17, 15) is 0 Å². The van der Waals surface area contributed by atoms with Crippen LogP contribution < -0.4 is 5.73 Å². The molecule has 5 nitrogen and oxygen atoms in total. The molecular formula is C12H19N5S. The molecule has 2 aromatic rings. The van der Waals surface area contributed by atoms with Crippen molar-refractivity contribution in [1.82, 2.24) is 19.3 Å². The molecule has 2 N–H and O–H groups in total. The van der Waals surface area contributed by atoms with E-state index in [0.29, 0.717) is 0 Å². The van der Waals surface area contributed by atoms with Crippen molar-refractivity contribution >= 4 is 11.8 Å². The van der Waals surface area contributed by atoms with Crippen LogP contribution in [0.3, 0.4) is 0 Å². The molecule has 2 rings (SSSR count). The van der Waals surface area contributed by atoms with Crippen LogP contribution in [-0.2, 0) is 14.1 Å². The maximum atomic E-state index is 6.23. The third-order valence-corrected chi connectivity index (χ3v) is 4.40. The fourth-order valence-corrected chi connectivity index (χ4v) is 2.98. The van der Waals surface area contributed by atoms with Crippen LogP contribution >= 0.6 is 11.8 Å². The van der Waals surface area contributed by atoms with Gasteiger partial charge in [0.2, 0.25) is 0 Å². The number of nitrogens with two attached hydrogens (primary N) is 1. The van der Waals surface area contributed by atoms with E-state index < -0.39 is 0 Å². The van der Waals surface area contributed by atoms with Crippen LogP contribution in [0.25, 0.3) is 0 Å². The van der Waals surface area contributed by atoms with Gasteiger partial charge in [-0.2, -0.15) is 5.10 Å². The van der Waals surface area contributed by atoms with Crippen molar-refractivity contribution in [3.05, 3.63) is 30.4 Å². The molecule has 18 heavy (non-hydrogen) atoms. The second-order valence-electron chi connectivity index (χ2n) is 4.38. The first-order chi connectivity index (χ1) is 8.61. The molecule has 0 aliphatic carbocycles. The highest BCUT2D eigenvalue weighted by Gasteiger charge is 2.22. The Labute approximate surface area is 111 Å². The number of imidazole rings is 1. The van der Waals surface area contributed by atoms with E-state index in [2.05, 4.69) is 17.0 Å². The minimum atomic E-state index is 0.0934. The average Bonchev–Trinajstić information content (AvgIpc) is 2.94. The Morgan fingerprint density at radius 2 is 2.22 bits per heavy atom. The minimum absolute atomic E-state index is 0.0934. The first-order valence-electron chi connectivity index (χ1n) is 6.00. The lowest BCUT2D eigenvalue weighted by molar-refractivity contribution is 0.630. The summed E-state index contributed by atoms with van der Waals surface area (Å²) < 4.78 is 3.82. The normalized spacial score (nSPS) is 14.7. The van der Waals surface area contributed by atoms with Gasteiger partial charge in [-0.1, -0.05) is 18.7 Å². The molecule has 0 fully saturated rings. The highest BCUT2D eigenvalue weighted by Crippen LogP contribution is 2.36. The second-order valence-corrected chi connectivity index (χ2v) is 5.49. The zero-order valence-corrected chi connectivity index (χ0v) is 11.8. The Kier molecular flexibility index (Phi) is 4.08. The maximum Gasteiger partial charge on any atom is 0.168 e. The van der Waals surface area contributed by atoms with Crippen molar-refractivity contribution in [2.75, 3.05) is 0 Å². The van der Waals surface area contributed by atoms with Crippen LogP contribution in [0.1, 0.15) is 24.2 Å². The predicted octanol–water partition coefficient (Wildman–Crippen LogP) is 1.72. The van der Waals surface area contributed by atoms with Crippen LogP contribution in [0, 0.1) is 0 Å². The molecule has 2 aromatic heterocycles. The van der Waals surface area contributed by atoms with Gasteiger partial charge < -0.3 is 10.3 Å². The summed E-state index contributed by atoms with van der Waals surface area (Å²) in [6.07, 6.45) is 8.59. The summed E-state index contributed by atoms with van der Waals surface area (Å²) in [5.41, 5.74) is 7.38. The van der Waals surface area contributed by atoms with Gasteiger partial charge in [-0.25, -0.2) is 4.98 Å². The van der Waals surface area contributed by atoms with Gasteiger partial charge >= 0.3 is 0 Å². The van der Waals surface area contributed by atoms with Gasteiger partial charge in [0.05, 0.1) is 11.4 Å². The molecule has 0 aliphatic rings. The number of thioether (sulfide) groups is 1. The van der Waals surface area contributed by atoms with Gasteiger partial charge in [0, 0.05) is 44.3 Å². The van der Waals surface area contributed by atoms with Crippen molar-refractivity contribution in [2.24, 2.45) is 19.8 Å². The maximum absolute atomic E-state index is 6.23. The number of aryl methyl sites for hydroxylation is 2. The molecule has 0 spiro atoms. The Hall–Kier alpha value is -1.27. The Bertz CT molecular complexity index is 504. The van der Waals surface area contributed by atoms with Gasteiger partial charge in [0.1, 0.15) is 0 Å². The third kappa shape index (κ3) is 2.76. The lowest BCUT2D eigenvalue weighted by atomic mass is 10.1. The van der Waals surface area contributed by atoms with Crippen LogP contribution in [0.5, 0.6) is 0 Å². The fraction of sp³-hybridized carbons (Fsp3) is 0.500. The molecule has 0 amide bonds. The van der Waals surface area contributed by atoms with Gasteiger partial charge in [0.25, 0.3) is 0 Å². The quantitative estimate of drug-likeness (QED) is 0.836. The Balaban J connectivity index is 2.23. The topological polar surface area (TPSA) is 61.7 Å². The Morgan fingerprint density at radius 1 is 1.44 bits per heavy atom. The van der Waals surface area contributed by atoms with Crippen LogP contribution in [0.2, 0.25) is 0 Å². The number of hydrogen-bond acceptors (Lipinski definition) is 4. The van der Waals surface area contributed by atoms with Gasteiger partial charge in [-0.15, -0.1) is 0 Å². The Morgan fingerprint density at radius 3 is 2.72 bits per heavy atom. The van der Waals surface area contributed by atoms with Crippen molar-refractivity contribution in [1.29, 1.82) is 0 Å². The number of rotatable bonds is 5. The van der Waals surface area contributed by atoms with Gasteiger partial charge in [-0.3, -0.25) is 4.68 Å². The largest absolute Gasteiger partial charge is 0.329 e. The van der Waals surface area contributed by atoms with E-state index in [1.54, 1.807) is 18.0 Å². The number of hydrogen-bond donors (Lipinski definition) is 1. The standard InChI is InChI=1S/C12H19N5S/c1-4-10(13)11(9-7-15-17(3)8-9)18-12-14-5-6-16(12)2/h5-8,10-11H,4,13H2,1-3H3. The molecule has 2 unspecified atom stereocenters. The molecule has 0 bridgehead atoms. The summed E-state index contributed by atoms with van der Waals surface area (Å²) in [6, 6.07) is 0.0934. The molecule has 98 valence electrons. The van der Waals surface area contributed by atoms with E-state index in [1.165, 1.54) is 0 Å². The first-order valence-corrected chi connectivity index (χ1v) is 6.88. The average molecular weight is 265 g/mol. The van der Waals surface area contributed by atoms with Gasteiger partial charge in [0.15, 0.2) is 5.16 Å². The zero-order valence-electron chi connectivity index (χ0n) is 10.9. The van der Waals surface area contributed by atoms with E-state index in [1.807, 2.05) is 41.9 Å². The highest BCUT2D eigenvalue weighted by molar-refractivity contribution is 7.99. The lowest BCUT2D eigenvalue weighted by Crippen LogP contribution is -2.25. The summed E-state index contributed by atoms with van der Waals surface area (Å²) in [5, 5.41) is 5.39.